The number of nitrogens with zero attached hydrogens (tertiary/aromatic N) is 2. The van der Waals surface area contributed by atoms with Gasteiger partial charge in [0.1, 0.15) is 11.9 Å². The molecule has 1 unspecified atom stereocenters. The minimum Gasteiger partial charge on any atom is -0.378 e. The Balaban J connectivity index is 1.44. The average Bonchev–Trinajstić information content (AvgIpc) is 3.07. The SMILES string of the molecule is O=C(Nc1ccc(-c2cn3c(n2)CCCC3)cc1)C1COCCN1. The number of imidazole rings is 1. The summed E-state index contributed by atoms with van der Waals surface area (Å²) in [5, 5.41) is 6.09. The molecular weight excluding hydrogens is 304 g/mol. The van der Waals surface area contributed by atoms with Crippen molar-refractivity contribution in [1.82, 2.24) is 14.9 Å². The Morgan fingerprint density at radius 2 is 2.17 bits per heavy atom. The number of amides is 1. The van der Waals surface area contributed by atoms with Gasteiger partial charge in [-0.1, -0.05) is 12.1 Å². The lowest BCUT2D eigenvalue weighted by molar-refractivity contribution is -0.120. The number of anilines is 1. The first-order chi connectivity index (χ1) is 11.8. The number of aryl methyl sites for hydroxylation is 2. The fourth-order valence-electron chi connectivity index (χ4n) is 3.24. The van der Waals surface area contributed by atoms with Crippen molar-refractivity contribution in [3.8, 4) is 11.3 Å². The molecule has 2 N–H and O–H groups in total. The molecule has 2 aliphatic rings. The zero-order valence-corrected chi connectivity index (χ0v) is 13.6. The summed E-state index contributed by atoms with van der Waals surface area (Å²) in [6.45, 7) is 2.85. The monoisotopic (exact) mass is 326 g/mol. The Hall–Kier alpha value is -2.18. The van der Waals surface area contributed by atoms with E-state index in [-0.39, 0.29) is 11.9 Å². The van der Waals surface area contributed by atoms with Gasteiger partial charge in [0.05, 0.1) is 18.9 Å². The zero-order chi connectivity index (χ0) is 16.4. The number of morpholine rings is 1. The van der Waals surface area contributed by atoms with E-state index in [1.165, 1.54) is 18.7 Å². The third kappa shape index (κ3) is 3.20. The maximum absolute atomic E-state index is 12.2. The first-order valence-electron chi connectivity index (χ1n) is 8.58. The second kappa shape index (κ2) is 6.75. The van der Waals surface area contributed by atoms with Crippen LogP contribution in [0.2, 0.25) is 0 Å². The van der Waals surface area contributed by atoms with Gasteiger partial charge in [-0.25, -0.2) is 4.98 Å². The van der Waals surface area contributed by atoms with Crippen molar-refractivity contribution in [1.29, 1.82) is 0 Å². The van der Waals surface area contributed by atoms with Crippen molar-refractivity contribution in [3.63, 3.8) is 0 Å². The summed E-state index contributed by atoms with van der Waals surface area (Å²) < 4.78 is 7.58. The molecule has 0 spiro atoms. The summed E-state index contributed by atoms with van der Waals surface area (Å²) in [7, 11) is 0. The summed E-state index contributed by atoms with van der Waals surface area (Å²) in [6, 6.07) is 7.59. The van der Waals surface area contributed by atoms with Crippen LogP contribution in [0.1, 0.15) is 18.7 Å². The second-order valence-corrected chi connectivity index (χ2v) is 6.34. The van der Waals surface area contributed by atoms with Crippen LogP contribution >= 0.6 is 0 Å². The Labute approximate surface area is 141 Å². The first-order valence-corrected chi connectivity index (χ1v) is 8.58. The molecule has 1 aromatic carbocycles. The maximum Gasteiger partial charge on any atom is 0.243 e. The predicted octanol–water partition coefficient (Wildman–Crippen LogP) is 1.81. The number of fused-ring (bicyclic) bond motifs is 1. The van der Waals surface area contributed by atoms with Crippen molar-refractivity contribution in [2.75, 3.05) is 25.1 Å². The largest absolute Gasteiger partial charge is 0.378 e. The molecule has 0 aliphatic carbocycles. The molecular formula is C18H22N4O2. The van der Waals surface area contributed by atoms with E-state index < -0.39 is 0 Å². The summed E-state index contributed by atoms with van der Waals surface area (Å²) in [5.74, 6) is 1.12. The number of hydrogen-bond acceptors (Lipinski definition) is 4. The van der Waals surface area contributed by atoms with Crippen LogP contribution in [0.15, 0.2) is 30.5 Å². The van der Waals surface area contributed by atoms with E-state index >= 15 is 0 Å². The van der Waals surface area contributed by atoms with Crippen molar-refractivity contribution in [2.45, 2.75) is 31.8 Å². The smallest absolute Gasteiger partial charge is 0.243 e. The van der Waals surface area contributed by atoms with E-state index in [1.807, 2.05) is 24.3 Å². The molecule has 1 fully saturated rings. The molecule has 0 bridgehead atoms. The highest BCUT2D eigenvalue weighted by atomic mass is 16.5. The van der Waals surface area contributed by atoms with Gasteiger partial charge in [0.2, 0.25) is 5.91 Å². The van der Waals surface area contributed by atoms with Crippen molar-refractivity contribution in [2.24, 2.45) is 0 Å². The van der Waals surface area contributed by atoms with E-state index in [2.05, 4.69) is 21.4 Å². The van der Waals surface area contributed by atoms with E-state index in [0.29, 0.717) is 19.8 Å². The Morgan fingerprint density at radius 3 is 2.92 bits per heavy atom. The van der Waals surface area contributed by atoms with Gasteiger partial charge in [0, 0.05) is 37.0 Å². The topological polar surface area (TPSA) is 68.2 Å². The Morgan fingerprint density at radius 1 is 1.29 bits per heavy atom. The van der Waals surface area contributed by atoms with Gasteiger partial charge in [-0.15, -0.1) is 0 Å². The van der Waals surface area contributed by atoms with Crippen molar-refractivity contribution in [3.05, 3.63) is 36.3 Å². The van der Waals surface area contributed by atoms with Crippen LogP contribution in [0.4, 0.5) is 5.69 Å². The van der Waals surface area contributed by atoms with Gasteiger partial charge in [0.25, 0.3) is 0 Å². The number of ether oxygens (including phenoxy) is 1. The Bertz CT molecular complexity index is 694. The van der Waals surface area contributed by atoms with Gasteiger partial charge >= 0.3 is 0 Å². The third-order valence-corrected chi connectivity index (χ3v) is 4.59. The third-order valence-electron chi connectivity index (χ3n) is 4.59. The van der Waals surface area contributed by atoms with Crippen molar-refractivity contribution >= 4 is 11.6 Å². The lowest BCUT2D eigenvalue weighted by Crippen LogP contribution is -2.48. The number of nitrogens with one attached hydrogen (secondary N) is 2. The molecule has 0 radical (unpaired) electrons. The van der Waals surface area contributed by atoms with Gasteiger partial charge in [-0.05, 0) is 25.0 Å². The number of hydrogen-bond donors (Lipinski definition) is 2. The lowest BCUT2D eigenvalue weighted by atomic mass is 10.1. The molecule has 4 rings (SSSR count). The fraction of sp³-hybridized carbons (Fsp3) is 0.444. The molecule has 3 heterocycles. The minimum atomic E-state index is -0.279. The number of rotatable bonds is 3. The molecule has 126 valence electrons. The molecule has 6 heteroatoms. The molecule has 1 atom stereocenters. The fourth-order valence-corrected chi connectivity index (χ4v) is 3.24. The molecule has 1 saturated heterocycles. The zero-order valence-electron chi connectivity index (χ0n) is 13.6. The first kappa shape index (κ1) is 15.4. The van der Waals surface area contributed by atoms with Crippen LogP contribution < -0.4 is 10.6 Å². The Kier molecular flexibility index (Phi) is 4.32. The normalized spacial score (nSPS) is 20.4. The summed E-state index contributed by atoms with van der Waals surface area (Å²) >= 11 is 0. The molecule has 2 aliphatic heterocycles. The van der Waals surface area contributed by atoms with Crippen LogP contribution in [0.3, 0.4) is 0 Å². The molecule has 1 amide bonds. The summed E-state index contributed by atoms with van der Waals surface area (Å²) in [5.41, 5.74) is 2.88. The number of carbonyl (C=O) groups excluding carboxylic acids is 1. The van der Waals surface area contributed by atoms with Crippen LogP contribution in [0.5, 0.6) is 0 Å². The van der Waals surface area contributed by atoms with Gasteiger partial charge in [-0.2, -0.15) is 0 Å². The maximum atomic E-state index is 12.2. The van der Waals surface area contributed by atoms with E-state index in [0.717, 1.165) is 29.9 Å². The molecule has 6 nitrogen and oxygen atoms in total. The lowest BCUT2D eigenvalue weighted by Gasteiger charge is -2.22. The van der Waals surface area contributed by atoms with Gasteiger partial charge in [-0.3, -0.25) is 4.79 Å². The van der Waals surface area contributed by atoms with E-state index in [1.54, 1.807) is 0 Å². The highest BCUT2D eigenvalue weighted by Crippen LogP contribution is 2.24. The van der Waals surface area contributed by atoms with Crippen LogP contribution in [-0.2, 0) is 22.5 Å². The molecule has 1 aromatic heterocycles. The highest BCUT2D eigenvalue weighted by Gasteiger charge is 2.21. The van der Waals surface area contributed by atoms with E-state index in [9.17, 15) is 4.79 Å². The van der Waals surface area contributed by atoms with Gasteiger partial charge < -0.3 is 19.9 Å². The number of aromatic nitrogens is 2. The standard InChI is InChI=1S/C18H22N4O2/c23-18(16-12-24-10-8-19-16)20-14-6-4-13(5-7-14)15-11-22-9-2-1-3-17(22)21-15/h4-7,11,16,19H,1-3,8-10,12H2,(H,20,23). The van der Waals surface area contributed by atoms with Gasteiger partial charge in [0.15, 0.2) is 0 Å². The number of carbonyl (C=O) groups is 1. The van der Waals surface area contributed by atoms with Crippen LogP contribution in [0.25, 0.3) is 11.3 Å². The number of benzene rings is 1. The highest BCUT2D eigenvalue weighted by molar-refractivity contribution is 5.95. The van der Waals surface area contributed by atoms with Crippen molar-refractivity contribution < 1.29 is 9.53 Å². The predicted molar refractivity (Wildman–Crippen MR) is 91.8 cm³/mol. The molecule has 2 aromatic rings. The second-order valence-electron chi connectivity index (χ2n) is 6.34. The molecule has 0 saturated carbocycles. The average molecular weight is 326 g/mol. The summed E-state index contributed by atoms with van der Waals surface area (Å²) in [4.78, 5) is 16.9. The minimum absolute atomic E-state index is 0.0556. The quantitative estimate of drug-likeness (QED) is 0.903. The van der Waals surface area contributed by atoms with E-state index in [4.69, 9.17) is 9.72 Å². The summed E-state index contributed by atoms with van der Waals surface area (Å²) in [6.07, 6.45) is 5.64. The molecule has 24 heavy (non-hydrogen) atoms. The van der Waals surface area contributed by atoms with Crippen LogP contribution in [-0.4, -0.2) is 41.3 Å². The van der Waals surface area contributed by atoms with Crippen LogP contribution in [0, 0.1) is 0 Å².